The standard InChI is InChI=1S/C17H25FN2O/c1-13(15-5-7-16(18)8-6-15)11-20-10-2-3-14(12-20)4-9-17(19)21/h5-8,13-14H,2-4,9-12H2,1H3,(H2,19,21)/t13-,14-/m0/s1. The maximum atomic E-state index is 13.0. The van der Waals surface area contributed by atoms with Crippen LogP contribution in [0.3, 0.4) is 0 Å². The monoisotopic (exact) mass is 292 g/mol. The van der Waals surface area contributed by atoms with Gasteiger partial charge in [-0.15, -0.1) is 0 Å². The summed E-state index contributed by atoms with van der Waals surface area (Å²) in [6.07, 6.45) is 3.76. The zero-order valence-electron chi connectivity index (χ0n) is 12.7. The van der Waals surface area contributed by atoms with Crippen LogP contribution in [0.1, 0.15) is 44.1 Å². The zero-order chi connectivity index (χ0) is 15.2. The number of carbonyl (C=O) groups excluding carboxylic acids is 1. The molecule has 4 heteroatoms. The highest BCUT2D eigenvalue weighted by Gasteiger charge is 2.21. The van der Waals surface area contributed by atoms with Crippen LogP contribution in [0.15, 0.2) is 24.3 Å². The average molecular weight is 292 g/mol. The molecule has 1 fully saturated rings. The van der Waals surface area contributed by atoms with Crippen LogP contribution in [-0.2, 0) is 4.79 Å². The SMILES string of the molecule is C[C@@H](CN1CCC[C@@H](CCC(N)=O)C1)c1ccc(F)cc1. The van der Waals surface area contributed by atoms with Gasteiger partial charge in [-0.3, -0.25) is 4.79 Å². The van der Waals surface area contributed by atoms with E-state index in [0.29, 0.717) is 18.3 Å². The molecule has 3 nitrogen and oxygen atoms in total. The van der Waals surface area contributed by atoms with Crippen molar-refractivity contribution in [3.63, 3.8) is 0 Å². The van der Waals surface area contributed by atoms with Gasteiger partial charge in [0.05, 0.1) is 0 Å². The van der Waals surface area contributed by atoms with Gasteiger partial charge >= 0.3 is 0 Å². The van der Waals surface area contributed by atoms with Crippen molar-refractivity contribution < 1.29 is 9.18 Å². The van der Waals surface area contributed by atoms with Crippen LogP contribution >= 0.6 is 0 Å². The van der Waals surface area contributed by atoms with Crippen LogP contribution in [0.25, 0.3) is 0 Å². The molecule has 1 aliphatic heterocycles. The van der Waals surface area contributed by atoms with E-state index in [9.17, 15) is 9.18 Å². The number of nitrogens with two attached hydrogens (primary N) is 1. The highest BCUT2D eigenvalue weighted by Crippen LogP contribution is 2.24. The largest absolute Gasteiger partial charge is 0.370 e. The highest BCUT2D eigenvalue weighted by atomic mass is 19.1. The van der Waals surface area contributed by atoms with Gasteiger partial charge in [-0.05, 0) is 55.3 Å². The lowest BCUT2D eigenvalue weighted by Gasteiger charge is -2.34. The molecule has 21 heavy (non-hydrogen) atoms. The van der Waals surface area contributed by atoms with Crippen molar-refractivity contribution in [2.24, 2.45) is 11.7 Å². The second kappa shape index (κ2) is 7.55. The molecule has 1 aliphatic rings. The summed E-state index contributed by atoms with van der Waals surface area (Å²) in [5, 5.41) is 0. The summed E-state index contributed by atoms with van der Waals surface area (Å²) in [7, 11) is 0. The third kappa shape index (κ3) is 5.12. The van der Waals surface area contributed by atoms with E-state index in [1.807, 2.05) is 12.1 Å². The lowest BCUT2D eigenvalue weighted by molar-refractivity contribution is -0.118. The molecule has 116 valence electrons. The van der Waals surface area contributed by atoms with Gasteiger partial charge in [0.15, 0.2) is 0 Å². The fourth-order valence-electron chi connectivity index (χ4n) is 3.18. The fraction of sp³-hybridized carbons (Fsp3) is 0.588. The average Bonchev–Trinajstić information content (AvgIpc) is 2.46. The Morgan fingerprint density at radius 3 is 2.81 bits per heavy atom. The minimum atomic E-state index is -0.202. The summed E-state index contributed by atoms with van der Waals surface area (Å²) < 4.78 is 13.0. The van der Waals surface area contributed by atoms with Crippen LogP contribution in [0, 0.1) is 11.7 Å². The van der Waals surface area contributed by atoms with Gasteiger partial charge in [0.1, 0.15) is 5.82 Å². The number of piperidine rings is 1. The smallest absolute Gasteiger partial charge is 0.217 e. The van der Waals surface area contributed by atoms with E-state index in [4.69, 9.17) is 5.73 Å². The van der Waals surface area contributed by atoms with E-state index < -0.39 is 0 Å². The zero-order valence-corrected chi connectivity index (χ0v) is 12.7. The number of carbonyl (C=O) groups is 1. The number of halogens is 1. The van der Waals surface area contributed by atoms with E-state index in [1.165, 1.54) is 30.5 Å². The first-order valence-corrected chi connectivity index (χ1v) is 7.80. The van der Waals surface area contributed by atoms with Gasteiger partial charge in [0, 0.05) is 19.5 Å². The summed E-state index contributed by atoms with van der Waals surface area (Å²) in [6.45, 7) is 5.32. The van der Waals surface area contributed by atoms with E-state index in [2.05, 4.69) is 11.8 Å². The van der Waals surface area contributed by atoms with Crippen LogP contribution in [-0.4, -0.2) is 30.4 Å². The van der Waals surface area contributed by atoms with Crippen molar-refractivity contribution in [3.05, 3.63) is 35.6 Å². The minimum absolute atomic E-state index is 0.185. The van der Waals surface area contributed by atoms with Crippen molar-refractivity contribution in [1.29, 1.82) is 0 Å². The molecule has 0 spiro atoms. The summed E-state index contributed by atoms with van der Waals surface area (Å²) in [4.78, 5) is 13.4. The van der Waals surface area contributed by atoms with Crippen LogP contribution in [0.5, 0.6) is 0 Å². The van der Waals surface area contributed by atoms with Crippen molar-refractivity contribution >= 4 is 5.91 Å². The summed E-state index contributed by atoms with van der Waals surface area (Å²) in [6, 6.07) is 6.79. The van der Waals surface area contributed by atoms with Gasteiger partial charge in [-0.2, -0.15) is 0 Å². The number of benzene rings is 1. The van der Waals surface area contributed by atoms with Crippen LogP contribution in [0.2, 0.25) is 0 Å². The van der Waals surface area contributed by atoms with Gasteiger partial charge in [-0.25, -0.2) is 4.39 Å². The predicted octanol–water partition coefficient (Wildman–Crippen LogP) is 2.91. The van der Waals surface area contributed by atoms with Crippen molar-refractivity contribution in [1.82, 2.24) is 4.90 Å². The number of rotatable bonds is 6. The topological polar surface area (TPSA) is 46.3 Å². The number of likely N-dealkylation sites (tertiary alicyclic amines) is 1. The maximum Gasteiger partial charge on any atom is 0.217 e. The molecule has 2 atom stereocenters. The molecule has 1 amide bonds. The Bertz CT molecular complexity index is 460. The minimum Gasteiger partial charge on any atom is -0.370 e. The summed E-state index contributed by atoms with van der Waals surface area (Å²) in [5.74, 6) is 0.578. The molecule has 0 unspecified atom stereocenters. The number of hydrogen-bond acceptors (Lipinski definition) is 2. The molecule has 0 aromatic heterocycles. The lowest BCUT2D eigenvalue weighted by atomic mass is 9.92. The second-order valence-corrected chi connectivity index (χ2v) is 6.23. The Labute approximate surface area is 126 Å². The van der Waals surface area contributed by atoms with Crippen molar-refractivity contribution in [2.75, 3.05) is 19.6 Å². The normalized spacial score (nSPS) is 21.1. The number of nitrogens with zero attached hydrogens (tertiary/aromatic N) is 1. The van der Waals surface area contributed by atoms with Gasteiger partial charge in [0.2, 0.25) is 5.91 Å². The number of hydrogen-bond donors (Lipinski definition) is 1. The summed E-state index contributed by atoms with van der Waals surface area (Å²) >= 11 is 0. The van der Waals surface area contributed by atoms with Gasteiger partial charge in [-0.1, -0.05) is 19.1 Å². The van der Waals surface area contributed by atoms with Gasteiger partial charge < -0.3 is 10.6 Å². The molecule has 0 aliphatic carbocycles. The Balaban J connectivity index is 1.84. The molecule has 2 N–H and O–H groups in total. The van der Waals surface area contributed by atoms with E-state index in [-0.39, 0.29) is 11.7 Å². The lowest BCUT2D eigenvalue weighted by Crippen LogP contribution is -2.38. The van der Waals surface area contributed by atoms with E-state index in [1.54, 1.807) is 0 Å². The van der Waals surface area contributed by atoms with Crippen LogP contribution < -0.4 is 5.73 Å². The predicted molar refractivity (Wildman–Crippen MR) is 82.4 cm³/mol. The first-order valence-electron chi connectivity index (χ1n) is 7.80. The molecular formula is C17H25FN2O. The number of primary amides is 1. The van der Waals surface area contributed by atoms with E-state index in [0.717, 1.165) is 26.1 Å². The van der Waals surface area contributed by atoms with E-state index >= 15 is 0 Å². The molecule has 0 saturated carbocycles. The Hall–Kier alpha value is -1.42. The third-order valence-electron chi connectivity index (χ3n) is 4.37. The molecule has 1 aromatic carbocycles. The van der Waals surface area contributed by atoms with Gasteiger partial charge in [0.25, 0.3) is 0 Å². The van der Waals surface area contributed by atoms with Crippen molar-refractivity contribution in [2.45, 2.75) is 38.5 Å². The molecule has 2 rings (SSSR count). The fourth-order valence-corrected chi connectivity index (χ4v) is 3.18. The maximum absolute atomic E-state index is 13.0. The molecule has 0 radical (unpaired) electrons. The summed E-state index contributed by atoms with van der Waals surface area (Å²) in [5.41, 5.74) is 6.41. The van der Waals surface area contributed by atoms with Crippen molar-refractivity contribution in [3.8, 4) is 0 Å². The Morgan fingerprint density at radius 1 is 1.43 bits per heavy atom. The number of amides is 1. The third-order valence-corrected chi connectivity index (χ3v) is 4.37. The first kappa shape index (κ1) is 16.0. The first-order chi connectivity index (χ1) is 10.0. The molecular weight excluding hydrogens is 267 g/mol. The Morgan fingerprint density at radius 2 is 2.14 bits per heavy atom. The Kier molecular flexibility index (Phi) is 5.74. The quantitative estimate of drug-likeness (QED) is 0.876. The molecule has 0 bridgehead atoms. The molecule has 1 aromatic rings. The molecule has 1 saturated heterocycles. The highest BCUT2D eigenvalue weighted by molar-refractivity contribution is 5.73. The van der Waals surface area contributed by atoms with Crippen LogP contribution in [0.4, 0.5) is 4.39 Å². The second-order valence-electron chi connectivity index (χ2n) is 6.23. The molecule has 1 heterocycles.